The van der Waals surface area contributed by atoms with E-state index in [4.69, 9.17) is 5.73 Å². The van der Waals surface area contributed by atoms with Crippen LogP contribution in [-0.2, 0) is 6.42 Å². The minimum Gasteiger partial charge on any atom is -0.347 e. The minimum absolute atomic E-state index is 0.000642. The van der Waals surface area contributed by atoms with Gasteiger partial charge >= 0.3 is 0 Å². The zero-order chi connectivity index (χ0) is 12.1. The lowest BCUT2D eigenvalue weighted by atomic mass is 10.0. The van der Waals surface area contributed by atoms with E-state index in [0.29, 0.717) is 23.8 Å². The van der Waals surface area contributed by atoms with E-state index in [9.17, 15) is 4.79 Å². The summed E-state index contributed by atoms with van der Waals surface area (Å²) in [6.07, 6.45) is 0.716. The highest BCUT2D eigenvalue weighted by molar-refractivity contribution is 7.08. The molecule has 16 heavy (non-hydrogen) atoms. The molecule has 0 fully saturated rings. The molecule has 0 spiro atoms. The standard InChI is InChI=1S/C10H18N4OS/c1-4-7-9(16-14-13-7)10(15)12-8(5-11)6(2)3/h6,8H,4-5,11H2,1-3H3,(H,12,15). The lowest BCUT2D eigenvalue weighted by molar-refractivity contribution is 0.0931. The van der Waals surface area contributed by atoms with Crippen LogP contribution in [0.5, 0.6) is 0 Å². The van der Waals surface area contributed by atoms with Gasteiger partial charge in [-0.25, -0.2) is 0 Å². The highest BCUT2D eigenvalue weighted by Crippen LogP contribution is 2.12. The van der Waals surface area contributed by atoms with Crippen molar-refractivity contribution in [3.63, 3.8) is 0 Å². The number of aryl methyl sites for hydroxylation is 1. The first-order valence-electron chi connectivity index (χ1n) is 5.42. The number of rotatable bonds is 5. The van der Waals surface area contributed by atoms with Gasteiger partial charge in [-0.05, 0) is 23.9 Å². The lowest BCUT2D eigenvalue weighted by Crippen LogP contribution is -2.43. The maximum atomic E-state index is 11.9. The van der Waals surface area contributed by atoms with Crippen molar-refractivity contribution in [1.29, 1.82) is 0 Å². The Morgan fingerprint density at radius 1 is 1.56 bits per heavy atom. The molecule has 0 bridgehead atoms. The number of amides is 1. The largest absolute Gasteiger partial charge is 0.347 e. The van der Waals surface area contributed by atoms with Gasteiger partial charge in [0.1, 0.15) is 4.88 Å². The van der Waals surface area contributed by atoms with Gasteiger partial charge in [-0.1, -0.05) is 25.3 Å². The van der Waals surface area contributed by atoms with Gasteiger partial charge in [-0.15, -0.1) is 5.10 Å². The highest BCUT2D eigenvalue weighted by atomic mass is 32.1. The Morgan fingerprint density at radius 2 is 2.25 bits per heavy atom. The number of nitrogens with one attached hydrogen (secondary N) is 1. The third-order valence-electron chi connectivity index (χ3n) is 2.47. The van der Waals surface area contributed by atoms with E-state index in [0.717, 1.165) is 17.2 Å². The molecular formula is C10H18N4OS. The van der Waals surface area contributed by atoms with Gasteiger partial charge in [0, 0.05) is 12.6 Å². The van der Waals surface area contributed by atoms with Crippen molar-refractivity contribution in [2.24, 2.45) is 11.7 Å². The van der Waals surface area contributed by atoms with Gasteiger partial charge in [0.25, 0.3) is 5.91 Å². The number of nitrogens with two attached hydrogens (primary N) is 1. The third-order valence-corrected chi connectivity index (χ3v) is 3.24. The Kier molecular flexibility index (Phi) is 4.82. The summed E-state index contributed by atoms with van der Waals surface area (Å²) in [6.45, 7) is 6.46. The zero-order valence-corrected chi connectivity index (χ0v) is 10.7. The predicted molar refractivity (Wildman–Crippen MR) is 64.4 cm³/mol. The van der Waals surface area contributed by atoms with E-state index in [1.54, 1.807) is 0 Å². The molecule has 0 saturated carbocycles. The summed E-state index contributed by atoms with van der Waals surface area (Å²) in [7, 11) is 0. The van der Waals surface area contributed by atoms with Gasteiger partial charge < -0.3 is 11.1 Å². The molecule has 0 aromatic carbocycles. The zero-order valence-electron chi connectivity index (χ0n) is 9.86. The molecule has 0 aliphatic carbocycles. The Bertz CT molecular complexity index is 350. The predicted octanol–water partition coefficient (Wildman–Crippen LogP) is 0.814. The van der Waals surface area contributed by atoms with Crippen LogP contribution in [0.3, 0.4) is 0 Å². The summed E-state index contributed by atoms with van der Waals surface area (Å²) in [5.41, 5.74) is 6.36. The summed E-state index contributed by atoms with van der Waals surface area (Å²) < 4.78 is 3.79. The van der Waals surface area contributed by atoms with Crippen LogP contribution in [0.2, 0.25) is 0 Å². The molecule has 1 heterocycles. The molecule has 1 atom stereocenters. The maximum Gasteiger partial charge on any atom is 0.265 e. The number of nitrogens with zero attached hydrogens (tertiary/aromatic N) is 2. The number of carbonyl (C=O) groups excluding carboxylic acids is 1. The smallest absolute Gasteiger partial charge is 0.265 e. The van der Waals surface area contributed by atoms with Crippen molar-refractivity contribution < 1.29 is 4.79 Å². The van der Waals surface area contributed by atoms with Gasteiger partial charge in [0.05, 0.1) is 5.69 Å². The second-order valence-electron chi connectivity index (χ2n) is 3.96. The Morgan fingerprint density at radius 3 is 2.75 bits per heavy atom. The number of carbonyl (C=O) groups is 1. The summed E-state index contributed by atoms with van der Waals surface area (Å²) in [6, 6.07) is -0.000642. The molecule has 90 valence electrons. The average Bonchev–Trinajstić information content (AvgIpc) is 2.72. The number of hydrogen-bond acceptors (Lipinski definition) is 5. The van der Waals surface area contributed by atoms with Gasteiger partial charge in [-0.3, -0.25) is 4.79 Å². The van der Waals surface area contributed by atoms with Crippen LogP contribution >= 0.6 is 11.5 Å². The van der Waals surface area contributed by atoms with Gasteiger partial charge in [0.2, 0.25) is 0 Å². The Labute approximate surface area is 99.6 Å². The SMILES string of the molecule is CCc1nnsc1C(=O)NC(CN)C(C)C. The van der Waals surface area contributed by atoms with E-state index in [1.807, 2.05) is 20.8 Å². The van der Waals surface area contributed by atoms with Crippen LogP contribution in [0.15, 0.2) is 0 Å². The summed E-state index contributed by atoms with van der Waals surface area (Å²) in [5.74, 6) is 0.205. The first-order chi connectivity index (χ1) is 7.60. The molecule has 1 amide bonds. The molecule has 0 saturated heterocycles. The maximum absolute atomic E-state index is 11.9. The molecule has 1 rings (SSSR count). The molecular weight excluding hydrogens is 224 g/mol. The van der Waals surface area contributed by atoms with Crippen LogP contribution < -0.4 is 11.1 Å². The molecule has 5 nitrogen and oxygen atoms in total. The van der Waals surface area contributed by atoms with Crippen LogP contribution in [0, 0.1) is 5.92 Å². The molecule has 0 aliphatic heterocycles. The van der Waals surface area contributed by atoms with E-state index in [-0.39, 0.29) is 11.9 Å². The molecule has 1 aromatic heterocycles. The lowest BCUT2D eigenvalue weighted by Gasteiger charge is -2.19. The van der Waals surface area contributed by atoms with Gasteiger partial charge in [0.15, 0.2) is 0 Å². The Hall–Kier alpha value is -1.01. The normalized spacial score (nSPS) is 12.8. The average molecular weight is 242 g/mol. The molecule has 3 N–H and O–H groups in total. The number of aromatic nitrogens is 2. The van der Waals surface area contributed by atoms with E-state index in [2.05, 4.69) is 14.9 Å². The van der Waals surface area contributed by atoms with Crippen molar-refractivity contribution in [2.45, 2.75) is 33.2 Å². The van der Waals surface area contributed by atoms with Crippen molar-refractivity contribution in [3.8, 4) is 0 Å². The fourth-order valence-electron chi connectivity index (χ4n) is 1.34. The van der Waals surface area contributed by atoms with Crippen LogP contribution in [-0.4, -0.2) is 28.1 Å². The topological polar surface area (TPSA) is 80.9 Å². The second kappa shape index (κ2) is 5.91. The highest BCUT2D eigenvalue weighted by Gasteiger charge is 2.19. The van der Waals surface area contributed by atoms with E-state index < -0.39 is 0 Å². The quantitative estimate of drug-likeness (QED) is 0.800. The number of hydrogen-bond donors (Lipinski definition) is 2. The van der Waals surface area contributed by atoms with E-state index >= 15 is 0 Å². The molecule has 0 radical (unpaired) electrons. The van der Waals surface area contributed by atoms with Crippen LogP contribution in [0.4, 0.5) is 0 Å². The van der Waals surface area contributed by atoms with Gasteiger partial charge in [-0.2, -0.15) is 0 Å². The molecule has 1 aromatic rings. The van der Waals surface area contributed by atoms with E-state index in [1.165, 1.54) is 0 Å². The summed E-state index contributed by atoms with van der Waals surface area (Å²) >= 11 is 1.13. The molecule has 1 unspecified atom stereocenters. The van der Waals surface area contributed by atoms with Crippen molar-refractivity contribution >= 4 is 17.4 Å². The third kappa shape index (κ3) is 2.99. The van der Waals surface area contributed by atoms with Crippen molar-refractivity contribution in [1.82, 2.24) is 14.9 Å². The fourth-order valence-corrected chi connectivity index (χ4v) is 2.00. The van der Waals surface area contributed by atoms with Crippen molar-refractivity contribution in [2.75, 3.05) is 6.54 Å². The van der Waals surface area contributed by atoms with Crippen molar-refractivity contribution in [3.05, 3.63) is 10.6 Å². The second-order valence-corrected chi connectivity index (χ2v) is 4.72. The van der Waals surface area contributed by atoms with Crippen LogP contribution in [0.25, 0.3) is 0 Å². The summed E-state index contributed by atoms with van der Waals surface area (Å²) in [4.78, 5) is 12.5. The van der Waals surface area contributed by atoms with Crippen LogP contribution in [0.1, 0.15) is 36.1 Å². The fraction of sp³-hybridized carbons (Fsp3) is 0.700. The first kappa shape index (κ1) is 13.1. The molecule has 0 aliphatic rings. The molecule has 6 heteroatoms. The summed E-state index contributed by atoms with van der Waals surface area (Å²) in [5, 5.41) is 6.82. The first-order valence-corrected chi connectivity index (χ1v) is 6.19. The Balaban J connectivity index is 2.71. The minimum atomic E-state index is -0.115. The monoisotopic (exact) mass is 242 g/mol.